The maximum atomic E-state index is 13.4. The Morgan fingerprint density at radius 1 is 1.10 bits per heavy atom. The molecular weight excluding hydrogens is 370 g/mol. The van der Waals surface area contributed by atoms with Crippen molar-refractivity contribution >= 4 is 11.9 Å². The van der Waals surface area contributed by atoms with Crippen LogP contribution in [0.2, 0.25) is 0 Å². The van der Waals surface area contributed by atoms with E-state index in [-0.39, 0.29) is 18.5 Å². The second kappa shape index (κ2) is 7.91. The molecule has 154 valence electrons. The molecule has 2 aliphatic heterocycles. The van der Waals surface area contributed by atoms with E-state index in [1.54, 1.807) is 24.5 Å². The number of carbonyl (C=O) groups excluding carboxylic acids is 2. The molecule has 7 nitrogen and oxygen atoms in total. The van der Waals surface area contributed by atoms with Crippen molar-refractivity contribution in [3.63, 3.8) is 0 Å². The summed E-state index contributed by atoms with van der Waals surface area (Å²) in [4.78, 5) is 32.0. The summed E-state index contributed by atoms with van der Waals surface area (Å²) >= 11 is 0. The van der Waals surface area contributed by atoms with Crippen LogP contribution in [0.1, 0.15) is 30.9 Å². The zero-order valence-corrected chi connectivity index (χ0v) is 17.0. The molecular formula is C22H27N3O4. The summed E-state index contributed by atoms with van der Waals surface area (Å²) in [6.45, 7) is 5.09. The van der Waals surface area contributed by atoms with Crippen molar-refractivity contribution in [2.45, 2.75) is 38.4 Å². The number of rotatable bonds is 6. The summed E-state index contributed by atoms with van der Waals surface area (Å²) in [6.07, 6.45) is 4.73. The molecule has 0 radical (unpaired) electrons. The Bertz CT molecular complexity index is 872. The predicted molar refractivity (Wildman–Crippen MR) is 107 cm³/mol. The molecule has 29 heavy (non-hydrogen) atoms. The van der Waals surface area contributed by atoms with Crippen molar-refractivity contribution in [2.24, 2.45) is 0 Å². The predicted octanol–water partition coefficient (Wildman–Crippen LogP) is 3.11. The first-order valence-corrected chi connectivity index (χ1v) is 10.1. The van der Waals surface area contributed by atoms with Crippen LogP contribution in [0.25, 0.3) is 0 Å². The van der Waals surface area contributed by atoms with Crippen LogP contribution in [-0.4, -0.2) is 58.9 Å². The Kier molecular flexibility index (Phi) is 5.32. The quantitative estimate of drug-likeness (QED) is 0.701. The molecule has 2 saturated heterocycles. The lowest BCUT2D eigenvalue weighted by Gasteiger charge is -2.41. The van der Waals surface area contributed by atoms with E-state index < -0.39 is 5.54 Å². The van der Waals surface area contributed by atoms with Gasteiger partial charge >= 0.3 is 6.03 Å². The number of hydrogen-bond acceptors (Lipinski definition) is 5. The Labute approximate surface area is 170 Å². The molecule has 1 aromatic heterocycles. The van der Waals surface area contributed by atoms with Crippen LogP contribution in [0.15, 0.2) is 47.3 Å². The van der Waals surface area contributed by atoms with Crippen molar-refractivity contribution in [1.29, 1.82) is 0 Å². The topological polar surface area (TPSA) is 66.2 Å². The number of benzene rings is 1. The van der Waals surface area contributed by atoms with Gasteiger partial charge in [0.25, 0.3) is 5.91 Å². The van der Waals surface area contributed by atoms with Gasteiger partial charge in [-0.25, -0.2) is 4.79 Å². The second-order valence-electron chi connectivity index (χ2n) is 7.71. The van der Waals surface area contributed by atoms with Crippen LogP contribution in [0.5, 0.6) is 5.75 Å². The molecule has 0 bridgehead atoms. The fraction of sp³-hybridized carbons (Fsp3) is 0.455. The summed E-state index contributed by atoms with van der Waals surface area (Å²) in [6, 6.07) is 9.28. The summed E-state index contributed by atoms with van der Waals surface area (Å²) in [5.41, 5.74) is 1.29. The number of amides is 3. The fourth-order valence-electron chi connectivity index (χ4n) is 4.52. The van der Waals surface area contributed by atoms with Gasteiger partial charge in [-0.1, -0.05) is 12.1 Å². The minimum atomic E-state index is -0.725. The Balaban J connectivity index is 1.50. The zero-order valence-electron chi connectivity index (χ0n) is 17.0. The molecule has 0 saturated carbocycles. The second-order valence-corrected chi connectivity index (χ2v) is 7.71. The Morgan fingerprint density at radius 2 is 1.90 bits per heavy atom. The minimum absolute atomic E-state index is 0.0740. The third-order valence-corrected chi connectivity index (χ3v) is 6.08. The Hall–Kier alpha value is -2.80. The number of furan rings is 1. The summed E-state index contributed by atoms with van der Waals surface area (Å²) < 4.78 is 10.4. The summed E-state index contributed by atoms with van der Waals surface area (Å²) in [7, 11) is 1.61. The maximum absolute atomic E-state index is 13.4. The van der Waals surface area contributed by atoms with Gasteiger partial charge in [0.05, 0.1) is 26.2 Å². The van der Waals surface area contributed by atoms with Crippen LogP contribution in [0.4, 0.5) is 4.79 Å². The third kappa shape index (κ3) is 3.51. The number of likely N-dealkylation sites (tertiary alicyclic amines) is 1. The number of hydrogen-bond donors (Lipinski definition) is 0. The van der Waals surface area contributed by atoms with Gasteiger partial charge < -0.3 is 14.1 Å². The number of methoxy groups -OCH3 is 1. The SMILES string of the molecule is CCN1C(=O)N(Cc2cccc(OC)c2)C(=O)C12CCN(Cc1ccoc1)CC2. The van der Waals surface area contributed by atoms with Gasteiger partial charge in [0.15, 0.2) is 0 Å². The Morgan fingerprint density at radius 3 is 2.55 bits per heavy atom. The molecule has 2 aromatic rings. The monoisotopic (exact) mass is 397 g/mol. The smallest absolute Gasteiger partial charge is 0.327 e. The number of likely N-dealkylation sites (N-methyl/N-ethyl adjacent to an activating group) is 1. The molecule has 1 aromatic carbocycles. The molecule has 0 unspecified atom stereocenters. The molecule has 2 aliphatic rings. The highest BCUT2D eigenvalue weighted by Gasteiger charge is 2.57. The van der Waals surface area contributed by atoms with Gasteiger partial charge in [0.1, 0.15) is 11.3 Å². The third-order valence-electron chi connectivity index (χ3n) is 6.08. The van der Waals surface area contributed by atoms with E-state index in [4.69, 9.17) is 9.15 Å². The van der Waals surface area contributed by atoms with E-state index in [9.17, 15) is 9.59 Å². The van der Waals surface area contributed by atoms with E-state index in [1.165, 1.54) is 4.90 Å². The molecule has 2 fully saturated rings. The molecule has 0 atom stereocenters. The standard InChI is InChI=1S/C22H27N3O4/c1-3-25-21(27)24(15-17-5-4-6-19(13-17)28-2)20(26)22(25)8-10-23(11-9-22)14-18-7-12-29-16-18/h4-7,12-13,16H,3,8-11,14-15H2,1-2H3. The van der Waals surface area contributed by atoms with Crippen molar-refractivity contribution in [1.82, 2.24) is 14.7 Å². The average Bonchev–Trinajstić information content (AvgIpc) is 3.32. The number of urea groups is 1. The van der Waals surface area contributed by atoms with Crippen molar-refractivity contribution in [2.75, 3.05) is 26.7 Å². The molecule has 7 heteroatoms. The van der Waals surface area contributed by atoms with Crippen LogP contribution in [0, 0.1) is 0 Å². The lowest BCUT2D eigenvalue weighted by molar-refractivity contribution is -0.136. The number of nitrogens with zero attached hydrogens (tertiary/aromatic N) is 3. The highest BCUT2D eigenvalue weighted by atomic mass is 16.5. The van der Waals surface area contributed by atoms with Crippen LogP contribution >= 0.6 is 0 Å². The zero-order chi connectivity index (χ0) is 20.4. The maximum Gasteiger partial charge on any atom is 0.327 e. The van der Waals surface area contributed by atoms with Gasteiger partial charge in [-0.3, -0.25) is 14.6 Å². The normalized spacial score (nSPS) is 19.4. The number of ether oxygens (including phenoxy) is 1. The van der Waals surface area contributed by atoms with Crippen LogP contribution < -0.4 is 4.74 Å². The van der Waals surface area contributed by atoms with E-state index in [0.29, 0.717) is 19.4 Å². The van der Waals surface area contributed by atoms with Crippen molar-refractivity contribution in [3.8, 4) is 5.75 Å². The first-order valence-electron chi connectivity index (χ1n) is 10.1. The summed E-state index contributed by atoms with van der Waals surface area (Å²) in [5.74, 6) is 0.645. The molecule has 0 N–H and O–H groups in total. The van der Waals surface area contributed by atoms with Crippen LogP contribution in [-0.2, 0) is 17.9 Å². The van der Waals surface area contributed by atoms with E-state index in [2.05, 4.69) is 4.90 Å². The first-order chi connectivity index (χ1) is 14.1. The lowest BCUT2D eigenvalue weighted by atomic mass is 9.85. The number of piperidine rings is 1. The van der Waals surface area contributed by atoms with Crippen LogP contribution in [0.3, 0.4) is 0 Å². The van der Waals surface area contributed by atoms with E-state index >= 15 is 0 Å². The van der Waals surface area contributed by atoms with Crippen molar-refractivity contribution < 1.29 is 18.7 Å². The van der Waals surface area contributed by atoms with Gasteiger partial charge in [0, 0.05) is 31.7 Å². The highest BCUT2D eigenvalue weighted by Crippen LogP contribution is 2.38. The van der Waals surface area contributed by atoms with Gasteiger partial charge in [-0.15, -0.1) is 0 Å². The minimum Gasteiger partial charge on any atom is -0.497 e. The lowest BCUT2D eigenvalue weighted by Crippen LogP contribution is -2.56. The molecule has 1 spiro atoms. The fourth-order valence-corrected chi connectivity index (χ4v) is 4.52. The summed E-state index contributed by atoms with van der Waals surface area (Å²) in [5, 5.41) is 0. The number of imide groups is 1. The number of carbonyl (C=O) groups is 2. The van der Waals surface area contributed by atoms with Gasteiger partial charge in [-0.2, -0.15) is 0 Å². The molecule has 0 aliphatic carbocycles. The largest absolute Gasteiger partial charge is 0.497 e. The first kappa shape index (κ1) is 19.5. The highest BCUT2D eigenvalue weighted by molar-refractivity contribution is 6.07. The van der Waals surface area contributed by atoms with Gasteiger partial charge in [0.2, 0.25) is 0 Å². The molecule has 3 heterocycles. The molecule has 3 amide bonds. The van der Waals surface area contributed by atoms with Crippen molar-refractivity contribution in [3.05, 3.63) is 54.0 Å². The molecule has 4 rings (SSSR count). The average molecular weight is 397 g/mol. The van der Waals surface area contributed by atoms with Gasteiger partial charge in [-0.05, 0) is 43.5 Å². The van der Waals surface area contributed by atoms with E-state index in [0.717, 1.165) is 36.5 Å². The van der Waals surface area contributed by atoms with E-state index in [1.807, 2.05) is 37.3 Å².